The summed E-state index contributed by atoms with van der Waals surface area (Å²) in [6.07, 6.45) is -0.823. The Balaban J connectivity index is 1.36. The van der Waals surface area contributed by atoms with Crippen LogP contribution in [0.2, 0.25) is 30.1 Å². The Hall–Kier alpha value is -1.72. The molecule has 2 aromatic rings. The number of hydrogen-bond donors (Lipinski definition) is 0. The normalized spacial score (nSPS) is 24.4. The molecule has 20 heteroatoms. The van der Waals surface area contributed by atoms with Crippen LogP contribution in [0.25, 0.3) is 0 Å². The second kappa shape index (κ2) is 11.0. The lowest BCUT2D eigenvalue weighted by molar-refractivity contribution is -0.166. The van der Waals surface area contributed by atoms with Crippen LogP contribution in [0.1, 0.15) is 12.8 Å². The fourth-order valence-corrected chi connectivity index (χ4v) is 8.69. The number of carbonyl (C=O) groups is 4. The van der Waals surface area contributed by atoms with Crippen LogP contribution in [0, 0.1) is 23.7 Å². The maximum atomic E-state index is 13.1. The fourth-order valence-electron chi connectivity index (χ4n) is 4.93. The number of carbonyl (C=O) groups excluding carboxylic acids is 4. The number of amides is 4. The van der Waals surface area contributed by atoms with Crippen molar-refractivity contribution in [1.29, 1.82) is 0 Å². The van der Waals surface area contributed by atoms with Crippen molar-refractivity contribution in [2.75, 3.05) is 0 Å². The standard InChI is InChI=1S/C22H12Cl6N2O10S2/c23-11-3-15(27)17(5-13(11)25)41(35,36)39-29-19(31)7-1-8-10(2-9(7)21(29)33)22(34)30(20(8)32)40-42(37,38)18-6-14(26)12(24)4-16(18)28/h3-10H,1-2H2. The molecule has 4 amide bonds. The third kappa shape index (κ3) is 5.29. The minimum absolute atomic E-state index is 0.0323. The van der Waals surface area contributed by atoms with Gasteiger partial charge in [-0.15, -0.1) is 18.7 Å². The SMILES string of the molecule is O=C1C2CC3C(=O)N(OS(=O)(=O)c4cc(Cl)c(Cl)cc4Cl)C(=O)C3CC2C(=O)N1OS(=O)(=O)c1cc(Cl)c(Cl)cc1Cl. The molecule has 5 rings (SSSR count). The molecule has 1 saturated carbocycles. The summed E-state index contributed by atoms with van der Waals surface area (Å²) in [5.74, 6) is -9.47. The lowest BCUT2D eigenvalue weighted by atomic mass is 9.70. The molecule has 3 fully saturated rings. The van der Waals surface area contributed by atoms with Gasteiger partial charge in [-0.2, -0.15) is 16.8 Å². The Kier molecular flexibility index (Phi) is 8.31. The number of nitrogens with zero attached hydrogens (tertiary/aromatic N) is 2. The van der Waals surface area contributed by atoms with Gasteiger partial charge in [0.15, 0.2) is 0 Å². The van der Waals surface area contributed by atoms with E-state index in [2.05, 4.69) is 0 Å². The van der Waals surface area contributed by atoms with Gasteiger partial charge in [-0.05, 0) is 37.1 Å². The van der Waals surface area contributed by atoms with Crippen molar-refractivity contribution in [1.82, 2.24) is 10.1 Å². The molecule has 224 valence electrons. The first-order valence-electron chi connectivity index (χ1n) is 11.4. The van der Waals surface area contributed by atoms with Crippen LogP contribution in [0.4, 0.5) is 0 Å². The average molecular weight is 741 g/mol. The highest BCUT2D eigenvalue weighted by Crippen LogP contribution is 2.48. The third-order valence-electron chi connectivity index (χ3n) is 6.89. The first kappa shape index (κ1) is 31.7. The molecule has 0 aromatic heterocycles. The van der Waals surface area contributed by atoms with Gasteiger partial charge in [0.2, 0.25) is 0 Å². The molecule has 4 atom stereocenters. The Labute approximate surface area is 267 Å². The molecule has 4 unspecified atom stereocenters. The molecule has 2 heterocycles. The Morgan fingerprint density at radius 1 is 0.500 bits per heavy atom. The molecular formula is C22H12Cl6N2O10S2. The second-order valence-corrected chi connectivity index (χ2v) is 14.7. The zero-order valence-corrected chi connectivity index (χ0v) is 26.3. The van der Waals surface area contributed by atoms with Gasteiger partial charge in [0.05, 0.1) is 53.8 Å². The van der Waals surface area contributed by atoms with Gasteiger partial charge in [-0.25, -0.2) is 0 Å². The Bertz CT molecular complexity index is 1650. The number of hydroxylamine groups is 4. The highest BCUT2D eigenvalue weighted by atomic mass is 35.5. The minimum Gasteiger partial charge on any atom is -0.272 e. The van der Waals surface area contributed by atoms with Gasteiger partial charge >= 0.3 is 20.2 Å². The van der Waals surface area contributed by atoms with Crippen LogP contribution in [0.5, 0.6) is 0 Å². The first-order valence-corrected chi connectivity index (χ1v) is 16.5. The summed E-state index contributed by atoms with van der Waals surface area (Å²) < 4.78 is 61.1. The largest absolute Gasteiger partial charge is 0.319 e. The van der Waals surface area contributed by atoms with E-state index in [-0.39, 0.29) is 30.2 Å². The fraction of sp³-hybridized carbons (Fsp3) is 0.273. The maximum Gasteiger partial charge on any atom is 0.319 e. The quantitative estimate of drug-likeness (QED) is 0.304. The number of fused-ring (bicyclic) bond motifs is 2. The van der Waals surface area contributed by atoms with E-state index >= 15 is 0 Å². The van der Waals surface area contributed by atoms with E-state index in [1.807, 2.05) is 0 Å². The van der Waals surface area contributed by atoms with Crippen LogP contribution in [0.15, 0.2) is 34.1 Å². The summed E-state index contributed by atoms with van der Waals surface area (Å²) in [7, 11) is -9.75. The van der Waals surface area contributed by atoms with E-state index in [9.17, 15) is 36.0 Å². The number of halogens is 6. The maximum absolute atomic E-state index is 13.1. The van der Waals surface area contributed by atoms with Crippen LogP contribution in [-0.4, -0.2) is 50.6 Å². The van der Waals surface area contributed by atoms with E-state index in [0.29, 0.717) is 0 Å². The summed E-state index contributed by atoms with van der Waals surface area (Å²) in [4.78, 5) is 51.0. The van der Waals surface area contributed by atoms with E-state index in [1.54, 1.807) is 0 Å². The van der Waals surface area contributed by atoms with Crippen molar-refractivity contribution in [3.8, 4) is 0 Å². The molecule has 0 radical (unpaired) electrons. The monoisotopic (exact) mass is 738 g/mol. The number of imide groups is 2. The minimum atomic E-state index is -4.88. The Morgan fingerprint density at radius 2 is 0.762 bits per heavy atom. The van der Waals surface area contributed by atoms with E-state index < -0.39 is 100 Å². The lowest BCUT2D eigenvalue weighted by Crippen LogP contribution is -2.35. The molecule has 2 aliphatic heterocycles. The Morgan fingerprint density at radius 3 is 1.05 bits per heavy atom. The molecule has 1 aliphatic carbocycles. The second-order valence-electron chi connectivity index (χ2n) is 9.29. The van der Waals surface area contributed by atoms with E-state index in [1.165, 1.54) is 0 Å². The van der Waals surface area contributed by atoms with Crippen molar-refractivity contribution in [2.24, 2.45) is 23.7 Å². The van der Waals surface area contributed by atoms with Crippen molar-refractivity contribution >= 4 is 113 Å². The van der Waals surface area contributed by atoms with Gasteiger partial charge in [-0.1, -0.05) is 69.6 Å². The molecule has 0 N–H and O–H groups in total. The number of rotatable bonds is 6. The number of benzene rings is 2. The zero-order valence-electron chi connectivity index (χ0n) is 20.1. The van der Waals surface area contributed by atoms with Crippen LogP contribution in [-0.2, 0) is 48.0 Å². The molecule has 3 aliphatic rings. The van der Waals surface area contributed by atoms with Gasteiger partial charge in [-0.3, -0.25) is 19.2 Å². The van der Waals surface area contributed by atoms with Crippen molar-refractivity contribution in [3.63, 3.8) is 0 Å². The summed E-state index contributed by atoms with van der Waals surface area (Å²) in [5.41, 5.74) is 0. The summed E-state index contributed by atoms with van der Waals surface area (Å²) in [5, 5.41) is -1.26. The average Bonchev–Trinajstić information content (AvgIpc) is 3.26. The summed E-state index contributed by atoms with van der Waals surface area (Å²) in [6, 6.07) is 3.79. The van der Waals surface area contributed by atoms with Gasteiger partial charge in [0.25, 0.3) is 23.6 Å². The molecule has 12 nitrogen and oxygen atoms in total. The number of hydrogen-bond acceptors (Lipinski definition) is 10. The predicted octanol–water partition coefficient (Wildman–Crippen LogP) is 4.54. The van der Waals surface area contributed by atoms with Crippen molar-refractivity contribution < 1.29 is 44.6 Å². The van der Waals surface area contributed by atoms with E-state index in [4.69, 9.17) is 78.2 Å². The smallest absolute Gasteiger partial charge is 0.272 e. The highest BCUT2D eigenvalue weighted by molar-refractivity contribution is 7.87. The van der Waals surface area contributed by atoms with E-state index in [0.717, 1.165) is 24.3 Å². The highest BCUT2D eigenvalue weighted by Gasteiger charge is 2.62. The van der Waals surface area contributed by atoms with Gasteiger partial charge < -0.3 is 0 Å². The predicted molar refractivity (Wildman–Crippen MR) is 146 cm³/mol. The van der Waals surface area contributed by atoms with Crippen LogP contribution in [0.3, 0.4) is 0 Å². The van der Waals surface area contributed by atoms with Gasteiger partial charge in [0.1, 0.15) is 9.79 Å². The topological polar surface area (TPSA) is 161 Å². The lowest BCUT2D eigenvalue weighted by Gasteiger charge is -2.27. The zero-order chi connectivity index (χ0) is 31.0. The molecule has 2 saturated heterocycles. The third-order valence-corrected chi connectivity index (χ3v) is 11.6. The molecule has 0 bridgehead atoms. The molecule has 42 heavy (non-hydrogen) atoms. The van der Waals surface area contributed by atoms with Crippen LogP contribution < -0.4 is 0 Å². The van der Waals surface area contributed by atoms with Crippen LogP contribution >= 0.6 is 69.6 Å². The van der Waals surface area contributed by atoms with Gasteiger partial charge in [0, 0.05) is 0 Å². The molecule has 0 spiro atoms. The van der Waals surface area contributed by atoms with Crippen molar-refractivity contribution in [2.45, 2.75) is 22.6 Å². The summed E-state index contributed by atoms with van der Waals surface area (Å²) >= 11 is 35.2. The first-order chi connectivity index (χ1) is 19.4. The summed E-state index contributed by atoms with van der Waals surface area (Å²) in [6.45, 7) is 0. The van der Waals surface area contributed by atoms with Crippen molar-refractivity contribution in [3.05, 3.63) is 54.4 Å². The molecule has 2 aromatic carbocycles. The molecular weight excluding hydrogens is 729 g/mol.